The first-order valence-electron chi connectivity index (χ1n) is 5.08. The molecular formula is C12H13NO4. The van der Waals surface area contributed by atoms with Crippen LogP contribution in [0.5, 0.6) is 11.5 Å². The van der Waals surface area contributed by atoms with Gasteiger partial charge in [0.1, 0.15) is 0 Å². The molecule has 1 rings (SSSR count). The van der Waals surface area contributed by atoms with Gasteiger partial charge in [-0.3, -0.25) is 4.79 Å². The third-order valence-electron chi connectivity index (χ3n) is 2.17. The van der Waals surface area contributed by atoms with Crippen LogP contribution in [-0.2, 0) is 16.0 Å². The minimum absolute atomic E-state index is 0.0205. The molecule has 0 aliphatic carbocycles. The summed E-state index contributed by atoms with van der Waals surface area (Å²) in [4.78, 5) is 11.3. The van der Waals surface area contributed by atoms with Crippen LogP contribution in [0, 0.1) is 11.3 Å². The van der Waals surface area contributed by atoms with Gasteiger partial charge in [-0.05, 0) is 18.6 Å². The van der Waals surface area contributed by atoms with E-state index in [2.05, 4.69) is 0 Å². The number of benzene rings is 1. The smallest absolute Gasteiger partial charge is 0.310 e. The number of nitrogens with zero attached hydrogens (tertiary/aromatic N) is 1. The lowest BCUT2D eigenvalue weighted by Gasteiger charge is -2.08. The van der Waals surface area contributed by atoms with E-state index in [1.807, 2.05) is 6.07 Å². The predicted octanol–water partition coefficient (Wildman–Crippen LogP) is 1.38. The first-order valence-corrected chi connectivity index (χ1v) is 5.08. The molecule has 0 radical (unpaired) electrons. The molecule has 5 nitrogen and oxygen atoms in total. The standard InChI is InChI=1S/C12H13NO4/c1-3-17-12(15)6-8-5-11(16-2)10(14)4-9(8)7-13/h4-5,14H,3,6H2,1-2H3. The lowest BCUT2D eigenvalue weighted by Crippen LogP contribution is -2.08. The van der Waals surface area contributed by atoms with Gasteiger partial charge in [-0.15, -0.1) is 0 Å². The van der Waals surface area contributed by atoms with E-state index in [0.29, 0.717) is 5.56 Å². The summed E-state index contributed by atoms with van der Waals surface area (Å²) in [5.41, 5.74) is 0.706. The molecule has 0 aromatic heterocycles. The Balaban J connectivity index is 3.05. The topological polar surface area (TPSA) is 79.6 Å². The average molecular weight is 235 g/mol. The van der Waals surface area contributed by atoms with Crippen LogP contribution in [0.25, 0.3) is 0 Å². The normalized spacial score (nSPS) is 9.47. The number of carbonyl (C=O) groups is 1. The molecule has 0 unspecified atom stereocenters. The van der Waals surface area contributed by atoms with Gasteiger partial charge in [-0.25, -0.2) is 0 Å². The predicted molar refractivity (Wildman–Crippen MR) is 59.7 cm³/mol. The molecule has 0 amide bonds. The molecule has 0 bridgehead atoms. The Hall–Kier alpha value is -2.22. The fourth-order valence-electron chi connectivity index (χ4n) is 1.39. The molecule has 5 heteroatoms. The second-order valence-corrected chi connectivity index (χ2v) is 3.27. The van der Waals surface area contributed by atoms with E-state index in [-0.39, 0.29) is 30.1 Å². The van der Waals surface area contributed by atoms with Crippen molar-refractivity contribution in [3.63, 3.8) is 0 Å². The highest BCUT2D eigenvalue weighted by molar-refractivity contribution is 5.74. The Morgan fingerprint density at radius 3 is 2.76 bits per heavy atom. The lowest BCUT2D eigenvalue weighted by atomic mass is 10.0. The molecule has 0 saturated carbocycles. The third kappa shape index (κ3) is 3.11. The SMILES string of the molecule is CCOC(=O)Cc1cc(OC)c(O)cc1C#N. The van der Waals surface area contributed by atoms with Gasteiger partial charge >= 0.3 is 5.97 Å². The molecule has 0 aliphatic heterocycles. The number of phenolic OH excluding ortho intramolecular Hbond substituents is 1. The van der Waals surface area contributed by atoms with Gasteiger partial charge in [0.05, 0.1) is 31.8 Å². The third-order valence-corrected chi connectivity index (χ3v) is 2.17. The maximum Gasteiger partial charge on any atom is 0.310 e. The number of methoxy groups -OCH3 is 1. The molecular weight excluding hydrogens is 222 g/mol. The first kappa shape index (κ1) is 12.8. The minimum Gasteiger partial charge on any atom is -0.504 e. The Bertz CT molecular complexity index is 462. The van der Waals surface area contributed by atoms with E-state index in [0.717, 1.165) is 0 Å². The minimum atomic E-state index is -0.420. The number of aromatic hydroxyl groups is 1. The van der Waals surface area contributed by atoms with Crippen LogP contribution in [0.1, 0.15) is 18.1 Å². The molecule has 0 saturated heterocycles. The molecule has 90 valence electrons. The Labute approximate surface area is 99.2 Å². The largest absolute Gasteiger partial charge is 0.504 e. The quantitative estimate of drug-likeness (QED) is 0.797. The summed E-state index contributed by atoms with van der Waals surface area (Å²) >= 11 is 0. The molecule has 1 aromatic rings. The highest BCUT2D eigenvalue weighted by atomic mass is 16.5. The lowest BCUT2D eigenvalue weighted by molar-refractivity contribution is -0.142. The number of esters is 1. The van der Waals surface area contributed by atoms with Crippen molar-refractivity contribution < 1.29 is 19.4 Å². The summed E-state index contributed by atoms with van der Waals surface area (Å²) in [5, 5.41) is 18.4. The molecule has 0 heterocycles. The van der Waals surface area contributed by atoms with Crippen molar-refractivity contribution in [1.82, 2.24) is 0 Å². The van der Waals surface area contributed by atoms with Crippen molar-refractivity contribution in [3.8, 4) is 17.6 Å². The molecule has 0 fully saturated rings. The van der Waals surface area contributed by atoms with Crippen LogP contribution < -0.4 is 4.74 Å². The summed E-state index contributed by atoms with van der Waals surface area (Å²) in [7, 11) is 1.40. The Morgan fingerprint density at radius 1 is 1.53 bits per heavy atom. The van der Waals surface area contributed by atoms with Crippen LogP contribution in [0.15, 0.2) is 12.1 Å². The van der Waals surface area contributed by atoms with E-state index >= 15 is 0 Å². The molecule has 1 N–H and O–H groups in total. The molecule has 0 aliphatic rings. The number of ether oxygens (including phenoxy) is 2. The number of phenols is 1. The molecule has 0 atom stereocenters. The zero-order valence-electron chi connectivity index (χ0n) is 9.69. The van der Waals surface area contributed by atoms with Gasteiger partial charge in [0, 0.05) is 6.07 Å². The zero-order valence-corrected chi connectivity index (χ0v) is 9.69. The van der Waals surface area contributed by atoms with Crippen LogP contribution >= 0.6 is 0 Å². The van der Waals surface area contributed by atoms with Crippen molar-refractivity contribution in [2.24, 2.45) is 0 Å². The first-order chi connectivity index (χ1) is 8.12. The van der Waals surface area contributed by atoms with Crippen molar-refractivity contribution >= 4 is 5.97 Å². The van der Waals surface area contributed by atoms with E-state index in [4.69, 9.17) is 14.7 Å². The number of rotatable bonds is 4. The van der Waals surface area contributed by atoms with Crippen molar-refractivity contribution in [2.45, 2.75) is 13.3 Å². The summed E-state index contributed by atoms with van der Waals surface area (Å²) < 4.78 is 9.71. The van der Waals surface area contributed by atoms with Gasteiger partial charge in [0.25, 0.3) is 0 Å². The fraction of sp³-hybridized carbons (Fsp3) is 0.333. The second-order valence-electron chi connectivity index (χ2n) is 3.27. The van der Waals surface area contributed by atoms with E-state index in [1.54, 1.807) is 6.92 Å². The summed E-state index contributed by atoms with van der Waals surface area (Å²) in [6.07, 6.45) is -0.0205. The van der Waals surface area contributed by atoms with E-state index in [9.17, 15) is 9.90 Å². The maximum atomic E-state index is 11.3. The van der Waals surface area contributed by atoms with Crippen molar-refractivity contribution in [3.05, 3.63) is 23.3 Å². The number of hydrogen-bond donors (Lipinski definition) is 1. The van der Waals surface area contributed by atoms with E-state index < -0.39 is 5.97 Å². The summed E-state index contributed by atoms with van der Waals surface area (Å²) in [5.74, 6) is -0.322. The van der Waals surface area contributed by atoms with Crippen molar-refractivity contribution in [1.29, 1.82) is 5.26 Å². The highest BCUT2D eigenvalue weighted by Crippen LogP contribution is 2.29. The van der Waals surface area contributed by atoms with Gasteiger partial charge in [0.2, 0.25) is 0 Å². The monoisotopic (exact) mass is 235 g/mol. The summed E-state index contributed by atoms with van der Waals surface area (Å²) in [6, 6.07) is 4.65. The molecule has 1 aromatic carbocycles. The number of carbonyl (C=O) groups excluding carboxylic acids is 1. The number of hydrogen-bond acceptors (Lipinski definition) is 5. The van der Waals surface area contributed by atoms with Crippen LogP contribution in [-0.4, -0.2) is 24.8 Å². The van der Waals surface area contributed by atoms with Gasteiger partial charge in [-0.2, -0.15) is 5.26 Å². The van der Waals surface area contributed by atoms with Gasteiger partial charge in [0.15, 0.2) is 11.5 Å². The second kappa shape index (κ2) is 5.75. The Kier molecular flexibility index (Phi) is 4.35. The van der Waals surface area contributed by atoms with Crippen LogP contribution in [0.2, 0.25) is 0 Å². The molecule has 17 heavy (non-hydrogen) atoms. The maximum absolute atomic E-state index is 11.3. The van der Waals surface area contributed by atoms with E-state index in [1.165, 1.54) is 19.2 Å². The number of nitriles is 1. The van der Waals surface area contributed by atoms with Gasteiger partial charge < -0.3 is 14.6 Å². The van der Waals surface area contributed by atoms with Gasteiger partial charge in [-0.1, -0.05) is 0 Å². The van der Waals surface area contributed by atoms with Crippen molar-refractivity contribution in [2.75, 3.05) is 13.7 Å². The fourth-order valence-corrected chi connectivity index (χ4v) is 1.39. The molecule has 0 spiro atoms. The zero-order chi connectivity index (χ0) is 12.8. The highest BCUT2D eigenvalue weighted by Gasteiger charge is 2.13. The summed E-state index contributed by atoms with van der Waals surface area (Å²) in [6.45, 7) is 2.00. The van der Waals surface area contributed by atoms with Crippen LogP contribution in [0.3, 0.4) is 0 Å². The average Bonchev–Trinajstić information content (AvgIpc) is 2.31. The Morgan fingerprint density at radius 2 is 2.24 bits per heavy atom. The van der Waals surface area contributed by atoms with Crippen LogP contribution in [0.4, 0.5) is 0 Å².